The summed E-state index contributed by atoms with van der Waals surface area (Å²) in [6, 6.07) is 0. The number of hydrogen-bond donors (Lipinski definition) is 0. The predicted molar refractivity (Wildman–Crippen MR) is 95.1 cm³/mol. The fourth-order valence-corrected chi connectivity index (χ4v) is 3.68. The molecular weight excluding hydrogens is 320 g/mol. The van der Waals surface area contributed by atoms with Crippen LogP contribution in [0.15, 0.2) is 0 Å². The summed E-state index contributed by atoms with van der Waals surface area (Å²) in [7, 11) is 3.20. The van der Waals surface area contributed by atoms with Gasteiger partial charge in [0.25, 0.3) is 0 Å². The maximum atomic E-state index is 11.5. The third kappa shape index (κ3) is 16.0. The second-order valence-electron chi connectivity index (χ2n) is 4.94. The van der Waals surface area contributed by atoms with Crippen LogP contribution in [0.5, 0.6) is 0 Å². The lowest BCUT2D eigenvalue weighted by Crippen LogP contribution is -2.06. The van der Waals surface area contributed by atoms with Gasteiger partial charge in [-0.05, 0) is 13.3 Å². The van der Waals surface area contributed by atoms with Gasteiger partial charge < -0.3 is 9.47 Å². The minimum Gasteiger partial charge on any atom is -0.466 e. The Morgan fingerprint density at radius 3 is 1.91 bits per heavy atom. The van der Waals surface area contributed by atoms with Crippen molar-refractivity contribution in [3.8, 4) is 0 Å². The molecule has 0 N–H and O–H groups in total. The Hall–Kier alpha value is -0.360. The first kappa shape index (κ1) is 21.6. The number of carbonyl (C=O) groups is 2. The molecule has 0 heterocycles. The summed E-state index contributed by atoms with van der Waals surface area (Å²) >= 11 is 0. The summed E-state index contributed by atoms with van der Waals surface area (Å²) in [5.74, 6) is 1.17. The van der Waals surface area contributed by atoms with E-state index in [0.717, 1.165) is 24.3 Å². The molecule has 0 saturated heterocycles. The minimum absolute atomic E-state index is 0.118. The highest BCUT2D eigenvalue weighted by Crippen LogP contribution is 2.23. The first-order valence-electron chi connectivity index (χ1n) is 8.26. The Morgan fingerprint density at radius 1 is 0.773 bits per heavy atom. The molecule has 0 unspecified atom stereocenters. The second kappa shape index (κ2) is 17.0. The zero-order valence-electron chi connectivity index (χ0n) is 13.9. The fraction of sp³-hybridized carbons (Fsp3) is 0.875. The molecule has 0 saturated carbocycles. The molecule has 0 bridgehead atoms. The number of esters is 2. The van der Waals surface area contributed by atoms with E-state index in [1.54, 1.807) is 28.5 Å². The van der Waals surface area contributed by atoms with E-state index in [1.165, 1.54) is 25.7 Å². The lowest BCUT2D eigenvalue weighted by molar-refractivity contribution is -0.143. The van der Waals surface area contributed by atoms with Crippen molar-refractivity contribution in [2.24, 2.45) is 0 Å². The highest BCUT2D eigenvalue weighted by atomic mass is 33.1. The molecule has 22 heavy (non-hydrogen) atoms. The lowest BCUT2D eigenvalue weighted by atomic mass is 10.1. The molecule has 0 rings (SSSR count). The molecule has 0 amide bonds. The third-order valence-corrected chi connectivity index (χ3v) is 5.34. The van der Waals surface area contributed by atoms with E-state index in [9.17, 15) is 9.59 Å². The van der Waals surface area contributed by atoms with E-state index in [0.29, 0.717) is 26.1 Å². The molecule has 130 valence electrons. The van der Waals surface area contributed by atoms with Crippen molar-refractivity contribution in [1.29, 1.82) is 0 Å². The van der Waals surface area contributed by atoms with Crippen LogP contribution in [0.25, 0.3) is 0 Å². The number of rotatable bonds is 15. The molecular formula is C16H30O4S2. The molecule has 0 spiro atoms. The largest absolute Gasteiger partial charge is 0.466 e. The van der Waals surface area contributed by atoms with Gasteiger partial charge in [0.2, 0.25) is 0 Å². The Labute approximate surface area is 142 Å². The van der Waals surface area contributed by atoms with Crippen molar-refractivity contribution in [2.45, 2.75) is 65.2 Å². The van der Waals surface area contributed by atoms with E-state index in [1.807, 2.05) is 0 Å². The molecule has 0 fully saturated rings. The van der Waals surface area contributed by atoms with Gasteiger partial charge in [0.15, 0.2) is 0 Å². The van der Waals surface area contributed by atoms with Gasteiger partial charge in [-0.2, -0.15) is 0 Å². The van der Waals surface area contributed by atoms with Crippen molar-refractivity contribution < 1.29 is 19.1 Å². The summed E-state index contributed by atoms with van der Waals surface area (Å²) in [6.07, 6.45) is 8.04. The van der Waals surface area contributed by atoms with Crippen molar-refractivity contribution in [1.82, 2.24) is 0 Å². The molecule has 0 aromatic carbocycles. The molecule has 0 radical (unpaired) electrons. The van der Waals surface area contributed by atoms with Crippen LogP contribution in [0.3, 0.4) is 0 Å². The maximum absolute atomic E-state index is 11.5. The van der Waals surface area contributed by atoms with Crippen LogP contribution < -0.4 is 0 Å². The summed E-state index contributed by atoms with van der Waals surface area (Å²) in [6.45, 7) is 4.98. The molecule has 0 atom stereocenters. The molecule has 4 nitrogen and oxygen atoms in total. The first-order valence-corrected chi connectivity index (χ1v) is 10.7. The minimum atomic E-state index is -0.158. The van der Waals surface area contributed by atoms with Gasteiger partial charge in [0, 0.05) is 11.5 Å². The monoisotopic (exact) mass is 350 g/mol. The lowest BCUT2D eigenvalue weighted by Gasteiger charge is -2.05. The zero-order valence-corrected chi connectivity index (χ0v) is 15.6. The van der Waals surface area contributed by atoms with Crippen LogP contribution >= 0.6 is 21.6 Å². The van der Waals surface area contributed by atoms with Crippen molar-refractivity contribution in [2.75, 3.05) is 24.7 Å². The summed E-state index contributed by atoms with van der Waals surface area (Å²) in [4.78, 5) is 22.6. The molecule has 0 aliphatic rings. The Balaban J connectivity index is 3.24. The number of unbranched alkanes of at least 4 members (excludes halogenated alkanes) is 5. The summed E-state index contributed by atoms with van der Waals surface area (Å²) < 4.78 is 10.0. The summed E-state index contributed by atoms with van der Waals surface area (Å²) in [5, 5.41) is 0. The van der Waals surface area contributed by atoms with E-state index >= 15 is 0 Å². The van der Waals surface area contributed by atoms with Gasteiger partial charge in [-0.3, -0.25) is 9.59 Å². The van der Waals surface area contributed by atoms with Gasteiger partial charge in [-0.1, -0.05) is 60.6 Å². The summed E-state index contributed by atoms with van der Waals surface area (Å²) in [5.41, 5.74) is 0. The maximum Gasteiger partial charge on any atom is 0.306 e. The van der Waals surface area contributed by atoms with E-state index in [2.05, 4.69) is 6.92 Å². The fourth-order valence-electron chi connectivity index (χ4n) is 1.74. The third-order valence-electron chi connectivity index (χ3n) is 2.93. The predicted octanol–water partition coefficient (Wildman–Crippen LogP) is 4.61. The SMILES string of the molecule is CCCCCCCCOC(=O)CCSSCCC(=O)OCC. The average molecular weight is 351 g/mol. The highest BCUT2D eigenvalue weighted by molar-refractivity contribution is 8.76. The quantitative estimate of drug-likeness (QED) is 0.244. The van der Waals surface area contributed by atoms with Gasteiger partial charge in [-0.15, -0.1) is 0 Å². The molecule has 0 aromatic rings. The Morgan fingerprint density at radius 2 is 1.32 bits per heavy atom. The van der Waals surface area contributed by atoms with Gasteiger partial charge in [0.1, 0.15) is 0 Å². The van der Waals surface area contributed by atoms with Crippen LogP contribution in [-0.2, 0) is 19.1 Å². The normalized spacial score (nSPS) is 10.5. The number of ether oxygens (including phenoxy) is 2. The van der Waals surface area contributed by atoms with Crippen LogP contribution in [0.1, 0.15) is 65.2 Å². The van der Waals surface area contributed by atoms with Crippen LogP contribution in [0, 0.1) is 0 Å². The standard InChI is InChI=1S/C16H30O4S2/c1-3-5-6-7-8-9-12-20-16(18)11-14-22-21-13-10-15(17)19-4-2/h3-14H2,1-2H3. The van der Waals surface area contributed by atoms with E-state index in [-0.39, 0.29) is 11.9 Å². The Bertz CT molecular complexity index is 285. The van der Waals surface area contributed by atoms with Gasteiger partial charge in [-0.25, -0.2) is 0 Å². The molecule has 0 aliphatic heterocycles. The van der Waals surface area contributed by atoms with Crippen LogP contribution in [0.2, 0.25) is 0 Å². The topological polar surface area (TPSA) is 52.6 Å². The van der Waals surface area contributed by atoms with Gasteiger partial charge >= 0.3 is 11.9 Å². The molecule has 0 aromatic heterocycles. The van der Waals surface area contributed by atoms with Crippen molar-refractivity contribution >= 4 is 33.5 Å². The van der Waals surface area contributed by atoms with Gasteiger partial charge in [0.05, 0.1) is 26.1 Å². The first-order chi connectivity index (χ1) is 10.7. The number of hydrogen-bond acceptors (Lipinski definition) is 6. The van der Waals surface area contributed by atoms with Crippen LogP contribution in [0.4, 0.5) is 0 Å². The highest BCUT2D eigenvalue weighted by Gasteiger charge is 2.04. The van der Waals surface area contributed by atoms with E-state index < -0.39 is 0 Å². The van der Waals surface area contributed by atoms with Crippen LogP contribution in [-0.4, -0.2) is 36.7 Å². The average Bonchev–Trinajstić information content (AvgIpc) is 2.50. The zero-order chi connectivity index (χ0) is 16.5. The van der Waals surface area contributed by atoms with Crippen molar-refractivity contribution in [3.63, 3.8) is 0 Å². The molecule has 0 aliphatic carbocycles. The molecule has 6 heteroatoms. The smallest absolute Gasteiger partial charge is 0.306 e. The van der Waals surface area contributed by atoms with Crippen molar-refractivity contribution in [3.05, 3.63) is 0 Å². The second-order valence-corrected chi connectivity index (χ2v) is 7.64. The van der Waals surface area contributed by atoms with E-state index in [4.69, 9.17) is 9.47 Å². The Kier molecular flexibility index (Phi) is 16.7. The number of carbonyl (C=O) groups excluding carboxylic acids is 2.